The lowest BCUT2D eigenvalue weighted by molar-refractivity contribution is 0.956. The van der Waals surface area contributed by atoms with Crippen LogP contribution in [0.5, 0.6) is 0 Å². The second-order valence-electron chi connectivity index (χ2n) is 10.6. The minimum absolute atomic E-state index is 0.408. The molecule has 1 heterocycles. The summed E-state index contributed by atoms with van der Waals surface area (Å²) in [6, 6.07) is 52.8. The van der Waals surface area contributed by atoms with Crippen LogP contribution in [0.1, 0.15) is 24.0 Å². The third-order valence-corrected chi connectivity index (χ3v) is 8.42. The van der Waals surface area contributed by atoms with Crippen molar-refractivity contribution in [2.24, 2.45) is 0 Å². The van der Waals surface area contributed by atoms with Crippen LogP contribution in [0.15, 0.2) is 146 Å². The summed E-state index contributed by atoms with van der Waals surface area (Å²) in [4.78, 5) is 2.39. The maximum atomic E-state index is 2.39. The van der Waals surface area contributed by atoms with Gasteiger partial charge in [-0.05, 0) is 82.9 Å². The highest BCUT2D eigenvalue weighted by atomic mass is 15.1. The predicted molar refractivity (Wildman–Crippen MR) is 168 cm³/mol. The fraction of sp³-hybridized carbons (Fsp3) is 0.0526. The molecule has 0 amide bonds. The first-order chi connectivity index (χ1) is 19.8. The maximum absolute atomic E-state index is 2.39. The third kappa shape index (κ3) is 3.43. The van der Waals surface area contributed by atoms with Crippen LogP contribution in [-0.2, 0) is 0 Å². The number of fused-ring (bicyclic) bond motifs is 6. The summed E-state index contributed by atoms with van der Waals surface area (Å²) >= 11 is 0. The van der Waals surface area contributed by atoms with Crippen LogP contribution in [0.4, 0.5) is 17.1 Å². The van der Waals surface area contributed by atoms with Gasteiger partial charge in [-0.15, -0.1) is 0 Å². The van der Waals surface area contributed by atoms with Gasteiger partial charge in [-0.1, -0.05) is 91.9 Å². The van der Waals surface area contributed by atoms with Gasteiger partial charge in [-0.2, -0.15) is 0 Å². The number of rotatable bonds is 4. The van der Waals surface area contributed by atoms with Crippen LogP contribution in [-0.4, -0.2) is 4.57 Å². The van der Waals surface area contributed by atoms with Gasteiger partial charge >= 0.3 is 0 Å². The van der Waals surface area contributed by atoms with Gasteiger partial charge in [0.1, 0.15) is 0 Å². The SMILES string of the molecule is CC1c2ccccc2-c2cc(N(c3ccccc3)c3ccc4c(c3)c3ccccc3n4-c3ccccc3)ccc21. The minimum Gasteiger partial charge on any atom is -0.310 e. The van der Waals surface area contributed by atoms with Gasteiger partial charge in [-0.3, -0.25) is 0 Å². The molecule has 0 N–H and O–H groups in total. The quantitative estimate of drug-likeness (QED) is 0.228. The van der Waals surface area contributed by atoms with E-state index in [0.717, 1.165) is 11.4 Å². The summed E-state index contributed by atoms with van der Waals surface area (Å²) < 4.78 is 2.37. The predicted octanol–water partition coefficient (Wildman–Crippen LogP) is 10.4. The van der Waals surface area contributed by atoms with Crippen molar-refractivity contribution in [1.82, 2.24) is 4.57 Å². The highest BCUT2D eigenvalue weighted by molar-refractivity contribution is 6.10. The Labute approximate surface area is 234 Å². The first-order valence-electron chi connectivity index (χ1n) is 13.9. The molecule has 0 radical (unpaired) electrons. The Morgan fingerprint density at radius 2 is 1.10 bits per heavy atom. The molecular weight excluding hydrogens is 484 g/mol. The van der Waals surface area contributed by atoms with Gasteiger partial charge in [-0.25, -0.2) is 0 Å². The van der Waals surface area contributed by atoms with Crippen LogP contribution >= 0.6 is 0 Å². The molecule has 0 saturated heterocycles. The Balaban J connectivity index is 1.35. The van der Waals surface area contributed by atoms with Crippen LogP contribution in [0.3, 0.4) is 0 Å². The van der Waals surface area contributed by atoms with E-state index in [4.69, 9.17) is 0 Å². The van der Waals surface area contributed by atoms with Crippen LogP contribution < -0.4 is 4.90 Å². The second-order valence-corrected chi connectivity index (χ2v) is 10.6. The molecular formula is C38H28N2. The molecule has 8 rings (SSSR count). The molecule has 1 aromatic heterocycles. The van der Waals surface area contributed by atoms with Crippen molar-refractivity contribution in [2.75, 3.05) is 4.90 Å². The number of anilines is 3. The number of benzene rings is 6. The molecule has 2 nitrogen and oxygen atoms in total. The Kier molecular flexibility index (Phi) is 5.14. The average molecular weight is 513 g/mol. The standard InChI is InChI=1S/C38H28N2/c1-26-31-16-8-9-17-33(31)35-24-29(20-22-32(26)35)39(27-12-4-2-5-13-27)30-21-23-38-36(25-30)34-18-10-11-19-37(34)40(38)28-14-6-3-7-15-28/h2-26H,1H3. The smallest absolute Gasteiger partial charge is 0.0542 e. The summed E-state index contributed by atoms with van der Waals surface area (Å²) in [5, 5.41) is 2.51. The molecule has 2 heteroatoms. The average Bonchev–Trinajstić information content (AvgIpc) is 3.50. The maximum Gasteiger partial charge on any atom is 0.0542 e. The zero-order valence-electron chi connectivity index (χ0n) is 22.3. The van der Waals surface area contributed by atoms with E-state index < -0.39 is 0 Å². The van der Waals surface area contributed by atoms with E-state index >= 15 is 0 Å². The normalized spacial score (nSPS) is 13.9. The second kappa shape index (κ2) is 9.00. The number of hydrogen-bond acceptors (Lipinski definition) is 1. The van der Waals surface area contributed by atoms with Crippen LogP contribution in [0, 0.1) is 0 Å². The van der Waals surface area contributed by atoms with Gasteiger partial charge < -0.3 is 9.47 Å². The number of hydrogen-bond donors (Lipinski definition) is 0. The molecule has 1 aliphatic rings. The van der Waals surface area contributed by atoms with E-state index in [0.29, 0.717) is 5.92 Å². The summed E-state index contributed by atoms with van der Waals surface area (Å²) in [7, 11) is 0. The van der Waals surface area contributed by atoms with Crippen molar-refractivity contribution < 1.29 is 0 Å². The van der Waals surface area contributed by atoms with Crippen molar-refractivity contribution in [3.63, 3.8) is 0 Å². The van der Waals surface area contributed by atoms with E-state index in [-0.39, 0.29) is 0 Å². The van der Waals surface area contributed by atoms with Crippen molar-refractivity contribution >= 4 is 38.9 Å². The third-order valence-electron chi connectivity index (χ3n) is 8.42. The van der Waals surface area contributed by atoms with Crippen molar-refractivity contribution in [2.45, 2.75) is 12.8 Å². The Bertz CT molecular complexity index is 2020. The highest BCUT2D eigenvalue weighted by Gasteiger charge is 2.26. The number of aromatic nitrogens is 1. The Hall–Kier alpha value is -5.08. The van der Waals surface area contributed by atoms with Gasteiger partial charge in [0.05, 0.1) is 11.0 Å². The first-order valence-corrected chi connectivity index (χ1v) is 13.9. The zero-order valence-corrected chi connectivity index (χ0v) is 22.3. The molecule has 7 aromatic rings. The number of para-hydroxylation sites is 3. The molecule has 190 valence electrons. The summed E-state index contributed by atoms with van der Waals surface area (Å²) in [6.07, 6.45) is 0. The molecule has 0 saturated carbocycles. The van der Waals surface area contributed by atoms with Crippen molar-refractivity contribution in [1.29, 1.82) is 0 Å². The fourth-order valence-corrected chi connectivity index (χ4v) is 6.56. The van der Waals surface area contributed by atoms with E-state index in [1.165, 1.54) is 55.4 Å². The topological polar surface area (TPSA) is 8.17 Å². The van der Waals surface area contributed by atoms with Crippen LogP contribution in [0.2, 0.25) is 0 Å². The van der Waals surface area contributed by atoms with Gasteiger partial charge in [0, 0.05) is 39.4 Å². The monoisotopic (exact) mass is 512 g/mol. The molecule has 0 spiro atoms. The summed E-state index contributed by atoms with van der Waals surface area (Å²) in [5.41, 5.74) is 12.6. The molecule has 6 aromatic carbocycles. The van der Waals surface area contributed by atoms with E-state index in [9.17, 15) is 0 Å². The van der Waals surface area contributed by atoms with E-state index in [2.05, 4.69) is 162 Å². The fourth-order valence-electron chi connectivity index (χ4n) is 6.56. The van der Waals surface area contributed by atoms with Crippen molar-refractivity contribution in [3.8, 4) is 16.8 Å². The first kappa shape index (κ1) is 22.9. The molecule has 0 bridgehead atoms. The number of nitrogens with zero attached hydrogens (tertiary/aromatic N) is 2. The van der Waals surface area contributed by atoms with E-state index in [1.807, 2.05) is 0 Å². The highest BCUT2D eigenvalue weighted by Crippen LogP contribution is 2.47. The lowest BCUT2D eigenvalue weighted by Gasteiger charge is -2.26. The Morgan fingerprint density at radius 3 is 1.95 bits per heavy atom. The van der Waals surface area contributed by atoms with Gasteiger partial charge in [0.2, 0.25) is 0 Å². The largest absolute Gasteiger partial charge is 0.310 e. The molecule has 0 aliphatic heterocycles. The molecule has 1 unspecified atom stereocenters. The molecule has 0 fully saturated rings. The molecule has 1 atom stereocenters. The minimum atomic E-state index is 0.408. The van der Waals surface area contributed by atoms with Crippen molar-refractivity contribution in [3.05, 3.63) is 157 Å². The summed E-state index contributed by atoms with van der Waals surface area (Å²) in [5.74, 6) is 0.408. The Morgan fingerprint density at radius 1 is 0.475 bits per heavy atom. The van der Waals surface area contributed by atoms with Crippen LogP contribution in [0.25, 0.3) is 38.6 Å². The summed E-state index contributed by atoms with van der Waals surface area (Å²) in [6.45, 7) is 2.32. The van der Waals surface area contributed by atoms with E-state index in [1.54, 1.807) is 0 Å². The lowest BCUT2D eigenvalue weighted by atomic mass is 9.99. The zero-order chi connectivity index (χ0) is 26.6. The van der Waals surface area contributed by atoms with Gasteiger partial charge in [0.15, 0.2) is 0 Å². The lowest BCUT2D eigenvalue weighted by Crippen LogP contribution is -2.10. The molecule has 40 heavy (non-hydrogen) atoms. The van der Waals surface area contributed by atoms with Gasteiger partial charge in [0.25, 0.3) is 0 Å². The molecule has 1 aliphatic carbocycles.